The van der Waals surface area contributed by atoms with Crippen LogP contribution in [0.1, 0.15) is 44.9 Å². The van der Waals surface area contributed by atoms with Crippen molar-refractivity contribution in [3.8, 4) is 0 Å². The largest absolute Gasteiger partial charge is 0.375 e. The Bertz CT molecular complexity index is 249. The van der Waals surface area contributed by atoms with Crippen LogP contribution in [0.2, 0.25) is 0 Å². The van der Waals surface area contributed by atoms with Gasteiger partial charge in [0.1, 0.15) is 0 Å². The maximum Gasteiger partial charge on any atom is 0.0697 e. The maximum absolute atomic E-state index is 5.94. The molecule has 84 valence electrons. The van der Waals surface area contributed by atoms with Gasteiger partial charge in [0, 0.05) is 18.7 Å². The van der Waals surface area contributed by atoms with Gasteiger partial charge >= 0.3 is 0 Å². The smallest absolute Gasteiger partial charge is 0.0697 e. The second-order valence-corrected chi connectivity index (χ2v) is 5.38. The van der Waals surface area contributed by atoms with Crippen LogP contribution in [0.3, 0.4) is 0 Å². The van der Waals surface area contributed by atoms with Crippen molar-refractivity contribution >= 4 is 0 Å². The van der Waals surface area contributed by atoms with Gasteiger partial charge < -0.3 is 10.1 Å². The highest BCUT2D eigenvalue weighted by molar-refractivity contribution is 5.01. The standard InChI is InChI=1S/C13H21NO/c1-2-5-11(4-1)14-12-6-9-15-13(10-12)7-3-8-13/h1-2,11-12,14H,3-10H2. The van der Waals surface area contributed by atoms with Gasteiger partial charge in [-0.1, -0.05) is 12.2 Å². The first-order chi connectivity index (χ1) is 7.36. The summed E-state index contributed by atoms with van der Waals surface area (Å²) in [6, 6.07) is 1.43. The van der Waals surface area contributed by atoms with E-state index in [2.05, 4.69) is 17.5 Å². The van der Waals surface area contributed by atoms with Crippen LogP contribution < -0.4 is 5.32 Å². The first-order valence-corrected chi connectivity index (χ1v) is 6.41. The van der Waals surface area contributed by atoms with Crippen molar-refractivity contribution in [2.24, 2.45) is 0 Å². The average molecular weight is 207 g/mol. The number of hydrogen-bond donors (Lipinski definition) is 1. The summed E-state index contributed by atoms with van der Waals surface area (Å²) in [5.41, 5.74) is 0.294. The lowest BCUT2D eigenvalue weighted by Gasteiger charge is -2.47. The minimum atomic E-state index is 0.294. The maximum atomic E-state index is 5.94. The Hall–Kier alpha value is -0.340. The summed E-state index contributed by atoms with van der Waals surface area (Å²) in [6.45, 7) is 0.970. The molecule has 0 amide bonds. The van der Waals surface area contributed by atoms with Crippen LogP contribution in [0.5, 0.6) is 0 Å². The molecule has 1 N–H and O–H groups in total. The predicted molar refractivity (Wildman–Crippen MR) is 60.9 cm³/mol. The summed E-state index contributed by atoms with van der Waals surface area (Å²) in [7, 11) is 0. The minimum absolute atomic E-state index is 0.294. The van der Waals surface area contributed by atoms with Crippen molar-refractivity contribution in [3.63, 3.8) is 0 Å². The van der Waals surface area contributed by atoms with Gasteiger partial charge in [-0.25, -0.2) is 0 Å². The molecule has 0 aromatic carbocycles. The summed E-state index contributed by atoms with van der Waals surface area (Å²) in [5.74, 6) is 0. The van der Waals surface area contributed by atoms with Gasteiger partial charge in [0.2, 0.25) is 0 Å². The molecular formula is C13H21NO. The van der Waals surface area contributed by atoms with Gasteiger partial charge in [-0.15, -0.1) is 0 Å². The van der Waals surface area contributed by atoms with E-state index in [-0.39, 0.29) is 0 Å². The molecule has 2 fully saturated rings. The van der Waals surface area contributed by atoms with Crippen molar-refractivity contribution < 1.29 is 4.74 Å². The summed E-state index contributed by atoms with van der Waals surface area (Å²) in [5, 5.41) is 3.80. The third kappa shape index (κ3) is 1.98. The fourth-order valence-corrected chi connectivity index (χ4v) is 3.18. The lowest BCUT2D eigenvalue weighted by atomic mass is 9.74. The van der Waals surface area contributed by atoms with Crippen molar-refractivity contribution in [1.82, 2.24) is 5.32 Å². The lowest BCUT2D eigenvalue weighted by Crippen LogP contribution is -2.52. The molecule has 1 spiro atoms. The first-order valence-electron chi connectivity index (χ1n) is 6.41. The Morgan fingerprint density at radius 2 is 1.93 bits per heavy atom. The van der Waals surface area contributed by atoms with E-state index < -0.39 is 0 Å². The fraction of sp³-hybridized carbons (Fsp3) is 0.846. The number of rotatable bonds is 2. The Labute approximate surface area is 92.1 Å². The molecule has 1 aliphatic heterocycles. The average Bonchev–Trinajstić information content (AvgIpc) is 2.69. The second-order valence-electron chi connectivity index (χ2n) is 5.38. The highest BCUT2D eigenvalue weighted by Gasteiger charge is 2.42. The number of nitrogens with one attached hydrogen (secondary N) is 1. The Balaban J connectivity index is 1.52. The highest BCUT2D eigenvalue weighted by atomic mass is 16.5. The minimum Gasteiger partial charge on any atom is -0.375 e. The molecule has 1 atom stereocenters. The molecule has 15 heavy (non-hydrogen) atoms. The van der Waals surface area contributed by atoms with Gasteiger partial charge in [-0.2, -0.15) is 0 Å². The van der Waals surface area contributed by atoms with Crippen molar-refractivity contribution in [2.45, 2.75) is 62.6 Å². The van der Waals surface area contributed by atoms with E-state index in [1.54, 1.807) is 0 Å². The van der Waals surface area contributed by atoms with Gasteiger partial charge in [0.25, 0.3) is 0 Å². The number of hydrogen-bond acceptors (Lipinski definition) is 2. The quantitative estimate of drug-likeness (QED) is 0.702. The summed E-state index contributed by atoms with van der Waals surface area (Å²) >= 11 is 0. The van der Waals surface area contributed by atoms with E-state index in [1.807, 2.05) is 0 Å². The van der Waals surface area contributed by atoms with Crippen LogP contribution in [0, 0.1) is 0 Å². The van der Waals surface area contributed by atoms with Crippen LogP contribution in [0.15, 0.2) is 12.2 Å². The molecule has 0 aromatic heterocycles. The van der Waals surface area contributed by atoms with Gasteiger partial charge in [0.15, 0.2) is 0 Å². The zero-order valence-electron chi connectivity index (χ0n) is 9.37. The third-order valence-electron chi connectivity index (χ3n) is 4.24. The Morgan fingerprint density at radius 3 is 2.60 bits per heavy atom. The normalized spacial score (nSPS) is 34.5. The molecule has 3 aliphatic rings. The lowest BCUT2D eigenvalue weighted by molar-refractivity contribution is -0.136. The molecule has 0 bridgehead atoms. The molecule has 2 nitrogen and oxygen atoms in total. The molecule has 0 radical (unpaired) electrons. The van der Waals surface area contributed by atoms with Crippen LogP contribution >= 0.6 is 0 Å². The predicted octanol–water partition coefficient (Wildman–Crippen LogP) is 2.40. The van der Waals surface area contributed by atoms with E-state index in [9.17, 15) is 0 Å². The zero-order valence-corrected chi connectivity index (χ0v) is 9.37. The van der Waals surface area contributed by atoms with Crippen molar-refractivity contribution in [3.05, 3.63) is 12.2 Å². The molecule has 1 saturated heterocycles. The molecule has 1 heterocycles. The van der Waals surface area contributed by atoms with E-state index >= 15 is 0 Å². The molecule has 0 aromatic rings. The van der Waals surface area contributed by atoms with E-state index in [1.165, 1.54) is 44.9 Å². The van der Waals surface area contributed by atoms with Gasteiger partial charge in [0.05, 0.1) is 5.60 Å². The highest BCUT2D eigenvalue weighted by Crippen LogP contribution is 2.42. The van der Waals surface area contributed by atoms with E-state index in [4.69, 9.17) is 4.74 Å². The van der Waals surface area contributed by atoms with Crippen LogP contribution in [-0.4, -0.2) is 24.3 Å². The fourth-order valence-electron chi connectivity index (χ4n) is 3.18. The van der Waals surface area contributed by atoms with Crippen LogP contribution in [0.4, 0.5) is 0 Å². The number of ether oxygens (including phenoxy) is 1. The molecule has 1 unspecified atom stereocenters. The van der Waals surface area contributed by atoms with Crippen molar-refractivity contribution in [2.75, 3.05) is 6.61 Å². The van der Waals surface area contributed by atoms with E-state index in [0.29, 0.717) is 17.7 Å². The summed E-state index contributed by atoms with van der Waals surface area (Å²) in [6.07, 6.45) is 13.5. The monoisotopic (exact) mass is 207 g/mol. The van der Waals surface area contributed by atoms with Gasteiger partial charge in [-0.05, 0) is 44.9 Å². The third-order valence-corrected chi connectivity index (χ3v) is 4.24. The van der Waals surface area contributed by atoms with Crippen LogP contribution in [0.25, 0.3) is 0 Å². The first kappa shape index (κ1) is 9.86. The molecule has 3 rings (SSSR count). The summed E-state index contributed by atoms with van der Waals surface area (Å²) < 4.78 is 5.94. The van der Waals surface area contributed by atoms with E-state index in [0.717, 1.165) is 6.61 Å². The zero-order chi connectivity index (χ0) is 10.1. The molecule has 2 aliphatic carbocycles. The topological polar surface area (TPSA) is 21.3 Å². The van der Waals surface area contributed by atoms with Gasteiger partial charge in [-0.3, -0.25) is 0 Å². The second kappa shape index (κ2) is 3.91. The Kier molecular flexibility index (Phi) is 2.57. The SMILES string of the molecule is C1=CCC(NC2CCOC3(CCC3)C2)C1. The molecule has 1 saturated carbocycles. The van der Waals surface area contributed by atoms with Crippen molar-refractivity contribution in [1.29, 1.82) is 0 Å². The molecule has 2 heteroatoms. The summed E-state index contributed by atoms with van der Waals surface area (Å²) in [4.78, 5) is 0. The molecular weight excluding hydrogens is 186 g/mol. The van der Waals surface area contributed by atoms with Crippen LogP contribution in [-0.2, 0) is 4.74 Å². The Morgan fingerprint density at radius 1 is 1.13 bits per heavy atom.